The van der Waals surface area contributed by atoms with Crippen LogP contribution in [-0.2, 0) is 11.3 Å². The monoisotopic (exact) mass is 294 g/mol. The summed E-state index contributed by atoms with van der Waals surface area (Å²) in [6.07, 6.45) is 1.04. The number of carbonyl (C=O) groups excluding carboxylic acids is 1. The maximum Gasteiger partial charge on any atom is 0.271 e. The highest BCUT2D eigenvalue weighted by molar-refractivity contribution is 5.98. The fraction of sp³-hybridized carbons (Fsp3) is 0.733. The Bertz CT molecular complexity index is 536. The molecule has 118 valence electrons. The summed E-state index contributed by atoms with van der Waals surface area (Å²) in [5.74, 6) is -0.150. The molecule has 1 fully saturated rings. The molecule has 1 aromatic heterocycles. The van der Waals surface area contributed by atoms with E-state index in [0.717, 1.165) is 6.42 Å². The number of nitrogen functional groups attached to an aromatic ring is 1. The van der Waals surface area contributed by atoms with Crippen molar-refractivity contribution in [2.24, 2.45) is 5.41 Å². The van der Waals surface area contributed by atoms with Gasteiger partial charge in [0.2, 0.25) is 0 Å². The summed E-state index contributed by atoms with van der Waals surface area (Å²) in [6, 6.07) is 0.0986. The number of aryl methyl sites for hydroxylation is 2. The number of nitrogens with one attached hydrogen (secondary N) is 1. The van der Waals surface area contributed by atoms with Gasteiger partial charge in [-0.05, 0) is 27.2 Å². The van der Waals surface area contributed by atoms with Crippen LogP contribution in [0.2, 0.25) is 0 Å². The van der Waals surface area contributed by atoms with E-state index >= 15 is 0 Å². The topological polar surface area (TPSA) is 82.2 Å². The van der Waals surface area contributed by atoms with Crippen LogP contribution in [0.5, 0.6) is 0 Å². The Kier molecular flexibility index (Phi) is 4.27. The van der Waals surface area contributed by atoms with Gasteiger partial charge in [0.1, 0.15) is 5.69 Å². The van der Waals surface area contributed by atoms with Gasteiger partial charge in [-0.25, -0.2) is 0 Å². The molecule has 1 aliphatic rings. The summed E-state index contributed by atoms with van der Waals surface area (Å²) in [5, 5.41) is 7.37. The standard InChI is InChI=1S/C15H26N4O2/c1-6-19-13(12(16)9(3)18-19)14(20)17-10-8-11(21-7-2)15(10,4)5/h10-11H,6-8,16H2,1-5H3,(H,17,20). The third kappa shape index (κ3) is 2.64. The van der Waals surface area contributed by atoms with E-state index in [1.54, 1.807) is 4.68 Å². The third-order valence-electron chi connectivity index (χ3n) is 4.54. The Hall–Kier alpha value is -1.56. The Morgan fingerprint density at radius 2 is 2.19 bits per heavy atom. The first-order valence-electron chi connectivity index (χ1n) is 7.58. The third-order valence-corrected chi connectivity index (χ3v) is 4.54. The van der Waals surface area contributed by atoms with Crippen molar-refractivity contribution in [3.8, 4) is 0 Å². The highest BCUT2D eigenvalue weighted by Crippen LogP contribution is 2.42. The Morgan fingerprint density at radius 1 is 1.52 bits per heavy atom. The molecule has 6 heteroatoms. The molecule has 21 heavy (non-hydrogen) atoms. The van der Waals surface area contributed by atoms with E-state index in [4.69, 9.17) is 10.5 Å². The van der Waals surface area contributed by atoms with Gasteiger partial charge in [0, 0.05) is 24.6 Å². The lowest BCUT2D eigenvalue weighted by Gasteiger charge is -2.51. The minimum Gasteiger partial charge on any atom is -0.395 e. The average Bonchev–Trinajstić information content (AvgIpc) is 2.73. The number of amides is 1. The molecule has 2 unspecified atom stereocenters. The van der Waals surface area contributed by atoms with E-state index in [1.807, 2.05) is 20.8 Å². The summed E-state index contributed by atoms with van der Waals surface area (Å²) >= 11 is 0. The molecular weight excluding hydrogens is 268 g/mol. The van der Waals surface area contributed by atoms with Gasteiger partial charge >= 0.3 is 0 Å². The van der Waals surface area contributed by atoms with Crippen molar-refractivity contribution >= 4 is 11.6 Å². The molecule has 1 heterocycles. The maximum atomic E-state index is 12.5. The van der Waals surface area contributed by atoms with E-state index in [2.05, 4.69) is 24.3 Å². The molecule has 0 bridgehead atoms. The van der Waals surface area contributed by atoms with Crippen molar-refractivity contribution in [2.45, 2.75) is 59.7 Å². The molecule has 2 rings (SSSR count). The van der Waals surface area contributed by atoms with Gasteiger partial charge in [-0.15, -0.1) is 0 Å². The van der Waals surface area contributed by atoms with Crippen LogP contribution < -0.4 is 11.1 Å². The summed E-state index contributed by atoms with van der Waals surface area (Å²) in [5.41, 5.74) is 7.55. The van der Waals surface area contributed by atoms with Gasteiger partial charge in [0.25, 0.3) is 5.91 Å². The fourth-order valence-electron chi connectivity index (χ4n) is 2.90. The maximum absolute atomic E-state index is 12.5. The number of carbonyl (C=O) groups is 1. The second-order valence-corrected chi connectivity index (χ2v) is 6.19. The summed E-state index contributed by atoms with van der Waals surface area (Å²) in [6.45, 7) is 11.3. The minimum atomic E-state index is -0.150. The molecule has 1 saturated carbocycles. The van der Waals surface area contributed by atoms with Crippen LogP contribution in [0, 0.1) is 12.3 Å². The van der Waals surface area contributed by atoms with E-state index in [-0.39, 0.29) is 23.5 Å². The van der Waals surface area contributed by atoms with Crippen molar-refractivity contribution in [2.75, 3.05) is 12.3 Å². The first kappa shape index (κ1) is 15.8. The van der Waals surface area contributed by atoms with Gasteiger partial charge in [0.15, 0.2) is 0 Å². The fourth-order valence-corrected chi connectivity index (χ4v) is 2.90. The molecule has 0 spiro atoms. The molecule has 0 saturated heterocycles. The predicted octanol–water partition coefficient (Wildman–Crippen LogP) is 1.73. The van der Waals surface area contributed by atoms with Gasteiger partial charge in [0.05, 0.1) is 17.5 Å². The highest BCUT2D eigenvalue weighted by atomic mass is 16.5. The predicted molar refractivity (Wildman–Crippen MR) is 82.1 cm³/mol. The van der Waals surface area contributed by atoms with Crippen LogP contribution in [0.3, 0.4) is 0 Å². The van der Waals surface area contributed by atoms with Crippen molar-refractivity contribution in [1.82, 2.24) is 15.1 Å². The molecule has 0 aliphatic heterocycles. The van der Waals surface area contributed by atoms with E-state index in [1.165, 1.54) is 0 Å². The lowest BCUT2D eigenvalue weighted by atomic mass is 9.64. The molecular formula is C15H26N4O2. The van der Waals surface area contributed by atoms with Gasteiger partial charge in [-0.1, -0.05) is 13.8 Å². The average molecular weight is 294 g/mol. The molecule has 1 aliphatic carbocycles. The molecule has 0 aromatic carbocycles. The van der Waals surface area contributed by atoms with E-state index in [0.29, 0.717) is 30.2 Å². The Labute approximate surface area is 126 Å². The van der Waals surface area contributed by atoms with Crippen molar-refractivity contribution in [3.05, 3.63) is 11.4 Å². The second kappa shape index (κ2) is 5.67. The smallest absolute Gasteiger partial charge is 0.271 e. The molecule has 0 radical (unpaired) electrons. The number of hydrogen-bond acceptors (Lipinski definition) is 4. The Balaban J connectivity index is 2.10. The van der Waals surface area contributed by atoms with Crippen LogP contribution in [-0.4, -0.2) is 34.4 Å². The number of anilines is 1. The Morgan fingerprint density at radius 3 is 2.71 bits per heavy atom. The van der Waals surface area contributed by atoms with E-state index < -0.39 is 0 Å². The minimum absolute atomic E-state index is 0.0630. The summed E-state index contributed by atoms with van der Waals surface area (Å²) < 4.78 is 7.35. The molecule has 1 aromatic rings. The van der Waals surface area contributed by atoms with Crippen LogP contribution >= 0.6 is 0 Å². The molecule has 2 atom stereocenters. The normalized spacial score (nSPS) is 23.7. The number of nitrogens with two attached hydrogens (primary N) is 1. The van der Waals surface area contributed by atoms with Crippen molar-refractivity contribution in [1.29, 1.82) is 0 Å². The molecule has 1 amide bonds. The number of nitrogens with zero attached hydrogens (tertiary/aromatic N) is 2. The van der Waals surface area contributed by atoms with Gasteiger partial charge in [-0.3, -0.25) is 9.48 Å². The lowest BCUT2D eigenvalue weighted by molar-refractivity contribution is -0.111. The lowest BCUT2D eigenvalue weighted by Crippen LogP contribution is -2.62. The summed E-state index contributed by atoms with van der Waals surface area (Å²) in [7, 11) is 0. The number of rotatable bonds is 5. The SMILES string of the molecule is CCOC1CC(NC(=O)c2c(N)c(C)nn2CC)C1(C)C. The molecule has 3 N–H and O–H groups in total. The van der Waals surface area contributed by atoms with Crippen LogP contribution in [0.4, 0.5) is 5.69 Å². The number of ether oxygens (including phenoxy) is 1. The van der Waals surface area contributed by atoms with Crippen LogP contribution in [0.25, 0.3) is 0 Å². The summed E-state index contributed by atoms with van der Waals surface area (Å²) in [4.78, 5) is 12.5. The second-order valence-electron chi connectivity index (χ2n) is 6.19. The van der Waals surface area contributed by atoms with E-state index in [9.17, 15) is 4.79 Å². The van der Waals surface area contributed by atoms with Crippen molar-refractivity contribution < 1.29 is 9.53 Å². The van der Waals surface area contributed by atoms with Crippen LogP contribution in [0.1, 0.15) is 50.3 Å². The van der Waals surface area contributed by atoms with Gasteiger partial charge < -0.3 is 15.8 Å². The zero-order valence-corrected chi connectivity index (χ0v) is 13.6. The van der Waals surface area contributed by atoms with Crippen molar-refractivity contribution in [3.63, 3.8) is 0 Å². The zero-order valence-electron chi connectivity index (χ0n) is 13.6. The first-order chi connectivity index (χ1) is 9.82. The highest BCUT2D eigenvalue weighted by Gasteiger charge is 2.49. The van der Waals surface area contributed by atoms with Gasteiger partial charge in [-0.2, -0.15) is 5.10 Å². The van der Waals surface area contributed by atoms with Crippen LogP contribution in [0.15, 0.2) is 0 Å². The number of aromatic nitrogens is 2. The largest absolute Gasteiger partial charge is 0.395 e. The number of hydrogen-bond donors (Lipinski definition) is 2. The first-order valence-corrected chi connectivity index (χ1v) is 7.58. The zero-order chi connectivity index (χ0) is 15.8. The quantitative estimate of drug-likeness (QED) is 0.866. The molecule has 6 nitrogen and oxygen atoms in total.